The lowest BCUT2D eigenvalue weighted by Gasteiger charge is -2.28. The molecule has 1 fully saturated rings. The van der Waals surface area contributed by atoms with Crippen LogP contribution < -0.4 is 5.32 Å². The highest BCUT2D eigenvalue weighted by molar-refractivity contribution is 9.10. The van der Waals surface area contributed by atoms with Gasteiger partial charge >= 0.3 is 0 Å². The Morgan fingerprint density at radius 1 is 1.25 bits per heavy atom. The largest absolute Gasteiger partial charge is 0.379 e. The van der Waals surface area contributed by atoms with E-state index in [0.717, 1.165) is 23.2 Å². The standard InChI is InChI=1S/C13H17BrFN/c1-9-5-7-10(8-6-9)16-13-11(14)3-2-4-12(13)15/h2-4,9-10,16H,5-8H2,1H3. The molecule has 0 bridgehead atoms. The number of halogens is 2. The third-order valence-corrected chi connectivity index (χ3v) is 3.99. The van der Waals surface area contributed by atoms with Crippen LogP contribution in [0.2, 0.25) is 0 Å². The van der Waals surface area contributed by atoms with Crippen LogP contribution in [-0.2, 0) is 0 Å². The Morgan fingerprint density at radius 2 is 1.94 bits per heavy atom. The molecule has 0 heterocycles. The minimum atomic E-state index is -0.173. The molecule has 2 rings (SSSR count). The molecule has 1 aromatic carbocycles. The van der Waals surface area contributed by atoms with Crippen LogP contribution in [0.25, 0.3) is 0 Å². The summed E-state index contributed by atoms with van der Waals surface area (Å²) in [4.78, 5) is 0. The summed E-state index contributed by atoms with van der Waals surface area (Å²) >= 11 is 3.38. The lowest BCUT2D eigenvalue weighted by atomic mass is 9.87. The van der Waals surface area contributed by atoms with E-state index in [-0.39, 0.29) is 5.82 Å². The van der Waals surface area contributed by atoms with E-state index in [9.17, 15) is 4.39 Å². The quantitative estimate of drug-likeness (QED) is 0.839. The predicted molar refractivity (Wildman–Crippen MR) is 69.1 cm³/mol. The number of nitrogens with one attached hydrogen (secondary N) is 1. The lowest BCUT2D eigenvalue weighted by Crippen LogP contribution is -2.25. The van der Waals surface area contributed by atoms with E-state index in [1.807, 2.05) is 6.07 Å². The Morgan fingerprint density at radius 3 is 2.56 bits per heavy atom. The van der Waals surface area contributed by atoms with E-state index < -0.39 is 0 Å². The zero-order valence-corrected chi connectivity index (χ0v) is 11.1. The molecule has 1 aliphatic rings. The molecule has 0 unspecified atom stereocenters. The van der Waals surface area contributed by atoms with Crippen molar-refractivity contribution in [2.45, 2.75) is 38.6 Å². The Labute approximate surface area is 105 Å². The molecule has 1 N–H and O–H groups in total. The van der Waals surface area contributed by atoms with Crippen molar-refractivity contribution < 1.29 is 4.39 Å². The Bertz CT molecular complexity index is 339. The molecular formula is C13H17BrFN. The van der Waals surface area contributed by atoms with Gasteiger partial charge in [-0.3, -0.25) is 0 Å². The van der Waals surface area contributed by atoms with Crippen molar-refractivity contribution >= 4 is 21.6 Å². The van der Waals surface area contributed by atoms with Crippen LogP contribution in [0, 0.1) is 11.7 Å². The van der Waals surface area contributed by atoms with E-state index in [1.54, 1.807) is 6.07 Å². The fourth-order valence-electron chi connectivity index (χ4n) is 2.24. The summed E-state index contributed by atoms with van der Waals surface area (Å²) in [5.41, 5.74) is 0.613. The van der Waals surface area contributed by atoms with Crippen molar-refractivity contribution in [3.8, 4) is 0 Å². The maximum Gasteiger partial charge on any atom is 0.147 e. The van der Waals surface area contributed by atoms with Gasteiger partial charge in [0, 0.05) is 10.5 Å². The highest BCUT2D eigenvalue weighted by Gasteiger charge is 2.19. The highest BCUT2D eigenvalue weighted by Crippen LogP contribution is 2.30. The van der Waals surface area contributed by atoms with E-state index in [2.05, 4.69) is 28.2 Å². The predicted octanol–water partition coefficient (Wildman–Crippen LogP) is 4.58. The zero-order valence-electron chi connectivity index (χ0n) is 9.47. The average Bonchev–Trinajstić information content (AvgIpc) is 2.26. The number of hydrogen-bond acceptors (Lipinski definition) is 1. The van der Waals surface area contributed by atoms with Crippen molar-refractivity contribution in [2.24, 2.45) is 5.92 Å². The van der Waals surface area contributed by atoms with Gasteiger partial charge in [-0.25, -0.2) is 4.39 Å². The lowest BCUT2D eigenvalue weighted by molar-refractivity contribution is 0.360. The van der Waals surface area contributed by atoms with Crippen LogP contribution in [0.1, 0.15) is 32.6 Å². The van der Waals surface area contributed by atoms with Crippen molar-refractivity contribution in [3.63, 3.8) is 0 Å². The van der Waals surface area contributed by atoms with E-state index in [1.165, 1.54) is 18.9 Å². The molecule has 0 saturated heterocycles. The van der Waals surface area contributed by atoms with E-state index in [4.69, 9.17) is 0 Å². The third kappa shape index (κ3) is 2.76. The highest BCUT2D eigenvalue weighted by atomic mass is 79.9. The van der Waals surface area contributed by atoms with Gasteiger partial charge in [0.1, 0.15) is 5.82 Å². The number of para-hydroxylation sites is 1. The van der Waals surface area contributed by atoms with Crippen molar-refractivity contribution in [1.29, 1.82) is 0 Å². The molecule has 0 atom stereocenters. The molecule has 0 spiro atoms. The van der Waals surface area contributed by atoms with Gasteiger partial charge < -0.3 is 5.32 Å². The van der Waals surface area contributed by atoms with Crippen LogP contribution in [0.3, 0.4) is 0 Å². The second-order valence-electron chi connectivity index (χ2n) is 4.70. The fourth-order valence-corrected chi connectivity index (χ4v) is 2.70. The molecule has 1 saturated carbocycles. The molecule has 0 radical (unpaired) electrons. The van der Waals surface area contributed by atoms with Crippen molar-refractivity contribution in [1.82, 2.24) is 0 Å². The summed E-state index contributed by atoms with van der Waals surface area (Å²) in [6.45, 7) is 2.29. The molecule has 1 aromatic rings. The fraction of sp³-hybridized carbons (Fsp3) is 0.538. The second-order valence-corrected chi connectivity index (χ2v) is 5.55. The molecular weight excluding hydrogens is 269 g/mol. The van der Waals surface area contributed by atoms with Crippen LogP contribution in [-0.4, -0.2) is 6.04 Å². The van der Waals surface area contributed by atoms with Crippen molar-refractivity contribution in [3.05, 3.63) is 28.5 Å². The third-order valence-electron chi connectivity index (χ3n) is 3.33. The Balaban J connectivity index is 2.04. The van der Waals surface area contributed by atoms with E-state index >= 15 is 0 Å². The first kappa shape index (κ1) is 11.9. The van der Waals surface area contributed by atoms with Gasteiger partial charge in [0.15, 0.2) is 0 Å². The van der Waals surface area contributed by atoms with Gasteiger partial charge in [-0.1, -0.05) is 13.0 Å². The van der Waals surface area contributed by atoms with Gasteiger partial charge in [0.25, 0.3) is 0 Å². The molecule has 0 amide bonds. The molecule has 88 valence electrons. The number of benzene rings is 1. The topological polar surface area (TPSA) is 12.0 Å². The molecule has 0 aromatic heterocycles. The van der Waals surface area contributed by atoms with Crippen molar-refractivity contribution in [2.75, 3.05) is 5.32 Å². The summed E-state index contributed by atoms with van der Waals surface area (Å²) in [5.74, 6) is 0.648. The van der Waals surface area contributed by atoms with Crippen LogP contribution in [0.4, 0.5) is 10.1 Å². The Kier molecular flexibility index (Phi) is 3.85. The number of rotatable bonds is 2. The van der Waals surface area contributed by atoms with Gasteiger partial charge in [0.05, 0.1) is 5.69 Å². The van der Waals surface area contributed by atoms with Gasteiger partial charge in [-0.15, -0.1) is 0 Å². The second kappa shape index (κ2) is 5.17. The molecule has 1 aliphatic carbocycles. The summed E-state index contributed by atoms with van der Waals surface area (Å²) in [7, 11) is 0. The average molecular weight is 286 g/mol. The smallest absolute Gasteiger partial charge is 0.147 e. The summed E-state index contributed by atoms with van der Waals surface area (Å²) in [6.07, 6.45) is 4.76. The van der Waals surface area contributed by atoms with Gasteiger partial charge in [-0.05, 0) is 59.7 Å². The molecule has 3 heteroatoms. The minimum absolute atomic E-state index is 0.173. The summed E-state index contributed by atoms with van der Waals surface area (Å²) in [5, 5.41) is 3.32. The van der Waals surface area contributed by atoms with Crippen LogP contribution >= 0.6 is 15.9 Å². The first-order chi connectivity index (χ1) is 7.66. The number of anilines is 1. The zero-order chi connectivity index (χ0) is 11.5. The Hall–Kier alpha value is -0.570. The minimum Gasteiger partial charge on any atom is -0.379 e. The van der Waals surface area contributed by atoms with Crippen LogP contribution in [0.15, 0.2) is 22.7 Å². The summed E-state index contributed by atoms with van der Waals surface area (Å²) < 4.78 is 14.4. The summed E-state index contributed by atoms with van der Waals surface area (Å²) in [6, 6.07) is 5.51. The molecule has 16 heavy (non-hydrogen) atoms. The van der Waals surface area contributed by atoms with Crippen LogP contribution in [0.5, 0.6) is 0 Å². The maximum atomic E-state index is 13.6. The monoisotopic (exact) mass is 285 g/mol. The normalized spacial score (nSPS) is 25.4. The SMILES string of the molecule is CC1CCC(Nc2c(F)cccc2Br)CC1. The van der Waals surface area contributed by atoms with E-state index in [0.29, 0.717) is 11.7 Å². The van der Waals surface area contributed by atoms with Gasteiger partial charge in [-0.2, -0.15) is 0 Å². The molecule has 0 aliphatic heterocycles. The maximum absolute atomic E-state index is 13.6. The number of hydrogen-bond donors (Lipinski definition) is 1. The first-order valence-electron chi connectivity index (χ1n) is 5.87. The molecule has 1 nitrogen and oxygen atoms in total. The van der Waals surface area contributed by atoms with Gasteiger partial charge in [0.2, 0.25) is 0 Å². The first-order valence-corrected chi connectivity index (χ1v) is 6.66.